The quantitative estimate of drug-likeness (QED) is 0.668. The van der Waals surface area contributed by atoms with Gasteiger partial charge in [0.15, 0.2) is 0 Å². The van der Waals surface area contributed by atoms with Crippen molar-refractivity contribution in [2.45, 2.75) is 20.4 Å². The topological polar surface area (TPSA) is 71.1 Å². The molecule has 1 heterocycles. The summed E-state index contributed by atoms with van der Waals surface area (Å²) in [4.78, 5) is 29.0. The van der Waals surface area contributed by atoms with Crippen molar-refractivity contribution in [3.05, 3.63) is 93.8 Å². The second-order valence-corrected chi connectivity index (χ2v) is 6.88. The molecule has 2 N–H and O–H groups in total. The molecule has 0 aliphatic rings. The predicted octanol–water partition coefficient (Wildman–Crippen LogP) is 4.53. The lowest BCUT2D eigenvalue weighted by Crippen LogP contribution is -2.24. The van der Waals surface area contributed by atoms with Crippen molar-refractivity contribution in [3.63, 3.8) is 0 Å². The molecular formula is C22H20ClN3O2. The number of aromatic nitrogens is 1. The van der Waals surface area contributed by atoms with E-state index in [9.17, 15) is 9.59 Å². The number of nitrogens with zero attached hydrogens (tertiary/aromatic N) is 1. The minimum absolute atomic E-state index is 0.183. The van der Waals surface area contributed by atoms with Gasteiger partial charge in [0.2, 0.25) is 0 Å². The van der Waals surface area contributed by atoms with E-state index in [1.54, 1.807) is 24.3 Å². The van der Waals surface area contributed by atoms with Crippen LogP contribution in [0.15, 0.2) is 60.8 Å². The summed E-state index contributed by atoms with van der Waals surface area (Å²) in [6, 6.07) is 16.2. The van der Waals surface area contributed by atoms with E-state index in [1.807, 2.05) is 38.1 Å². The van der Waals surface area contributed by atoms with Crippen molar-refractivity contribution >= 4 is 29.1 Å². The predicted molar refractivity (Wildman–Crippen MR) is 111 cm³/mol. The molecule has 28 heavy (non-hydrogen) atoms. The molecule has 3 rings (SSSR count). The highest BCUT2D eigenvalue weighted by atomic mass is 35.5. The molecule has 0 aliphatic heterocycles. The van der Waals surface area contributed by atoms with Crippen LogP contribution in [0.3, 0.4) is 0 Å². The SMILES string of the molecule is Cc1cccc(CNC(=O)c2cc(C(=O)Nc3cccc(Cl)c3C)ccn2)c1. The minimum atomic E-state index is -0.338. The normalized spacial score (nSPS) is 10.4. The lowest BCUT2D eigenvalue weighted by atomic mass is 10.1. The summed E-state index contributed by atoms with van der Waals surface area (Å²) in [6.45, 7) is 4.21. The number of halogens is 1. The standard InChI is InChI=1S/C22H20ClN3O2/c1-14-5-3-6-16(11-14)13-25-22(28)20-12-17(9-10-24-20)21(27)26-19-8-4-7-18(23)15(19)2/h3-12H,13H2,1-2H3,(H,25,28)(H,26,27). The third kappa shape index (κ3) is 4.75. The fraction of sp³-hybridized carbons (Fsp3) is 0.136. The second kappa shape index (κ2) is 8.67. The van der Waals surface area contributed by atoms with E-state index >= 15 is 0 Å². The lowest BCUT2D eigenvalue weighted by Gasteiger charge is -2.10. The molecular weight excluding hydrogens is 374 g/mol. The number of carbonyl (C=O) groups excluding carboxylic acids is 2. The van der Waals surface area contributed by atoms with Gasteiger partial charge < -0.3 is 10.6 Å². The number of hydrogen-bond acceptors (Lipinski definition) is 3. The molecule has 5 nitrogen and oxygen atoms in total. The van der Waals surface area contributed by atoms with Gasteiger partial charge in [-0.15, -0.1) is 0 Å². The number of carbonyl (C=O) groups is 2. The van der Waals surface area contributed by atoms with Crippen LogP contribution in [0.4, 0.5) is 5.69 Å². The first-order valence-corrected chi connectivity index (χ1v) is 9.18. The van der Waals surface area contributed by atoms with Crippen molar-refractivity contribution in [2.24, 2.45) is 0 Å². The van der Waals surface area contributed by atoms with Gasteiger partial charge in [0.1, 0.15) is 5.69 Å². The zero-order valence-corrected chi connectivity index (χ0v) is 16.4. The fourth-order valence-electron chi connectivity index (χ4n) is 2.73. The summed E-state index contributed by atoms with van der Waals surface area (Å²) in [7, 11) is 0. The number of rotatable bonds is 5. The number of pyridine rings is 1. The molecule has 142 valence electrons. The first-order chi connectivity index (χ1) is 13.4. The number of anilines is 1. The number of nitrogens with one attached hydrogen (secondary N) is 2. The van der Waals surface area contributed by atoms with Crippen molar-refractivity contribution in [1.29, 1.82) is 0 Å². The molecule has 0 spiro atoms. The van der Waals surface area contributed by atoms with E-state index in [4.69, 9.17) is 11.6 Å². The Morgan fingerprint density at radius 1 is 1.00 bits per heavy atom. The summed E-state index contributed by atoms with van der Waals surface area (Å²) in [5.41, 5.74) is 4.05. The van der Waals surface area contributed by atoms with Gasteiger partial charge in [0.25, 0.3) is 11.8 Å². The highest BCUT2D eigenvalue weighted by molar-refractivity contribution is 6.31. The van der Waals surface area contributed by atoms with Gasteiger partial charge in [-0.25, -0.2) is 0 Å². The summed E-state index contributed by atoms with van der Waals surface area (Å²) < 4.78 is 0. The maximum Gasteiger partial charge on any atom is 0.270 e. The van der Waals surface area contributed by atoms with Crippen LogP contribution >= 0.6 is 11.6 Å². The first kappa shape index (κ1) is 19.6. The Bertz CT molecular complexity index is 1030. The minimum Gasteiger partial charge on any atom is -0.347 e. The highest BCUT2D eigenvalue weighted by Crippen LogP contribution is 2.23. The van der Waals surface area contributed by atoms with E-state index in [0.717, 1.165) is 16.7 Å². The van der Waals surface area contributed by atoms with Crippen LogP contribution in [0.25, 0.3) is 0 Å². The largest absolute Gasteiger partial charge is 0.347 e. The van der Waals surface area contributed by atoms with E-state index < -0.39 is 0 Å². The van der Waals surface area contributed by atoms with Gasteiger partial charge in [0, 0.05) is 29.0 Å². The van der Waals surface area contributed by atoms with Crippen LogP contribution in [-0.2, 0) is 6.54 Å². The van der Waals surface area contributed by atoms with Crippen molar-refractivity contribution in [3.8, 4) is 0 Å². The third-order valence-electron chi connectivity index (χ3n) is 4.31. The van der Waals surface area contributed by atoms with Gasteiger partial charge in [-0.3, -0.25) is 14.6 Å². The zero-order valence-electron chi connectivity index (χ0n) is 15.6. The van der Waals surface area contributed by atoms with E-state index in [1.165, 1.54) is 12.3 Å². The molecule has 0 atom stereocenters. The Morgan fingerprint density at radius 3 is 2.57 bits per heavy atom. The summed E-state index contributed by atoms with van der Waals surface area (Å²) >= 11 is 6.09. The van der Waals surface area contributed by atoms with Gasteiger partial charge in [-0.2, -0.15) is 0 Å². The molecule has 0 bridgehead atoms. The summed E-state index contributed by atoms with van der Waals surface area (Å²) in [5, 5.41) is 6.21. The molecule has 6 heteroatoms. The number of hydrogen-bond donors (Lipinski definition) is 2. The molecule has 0 radical (unpaired) electrons. The Labute approximate surface area is 168 Å². The average molecular weight is 394 g/mol. The maximum atomic E-state index is 12.6. The molecule has 0 unspecified atom stereocenters. The fourth-order valence-corrected chi connectivity index (χ4v) is 2.90. The van der Waals surface area contributed by atoms with Crippen molar-refractivity contribution < 1.29 is 9.59 Å². The Balaban J connectivity index is 1.69. The Morgan fingerprint density at radius 2 is 1.79 bits per heavy atom. The van der Waals surface area contributed by atoms with Crippen LogP contribution in [0.5, 0.6) is 0 Å². The molecule has 2 aromatic carbocycles. The lowest BCUT2D eigenvalue weighted by molar-refractivity contribution is 0.0946. The van der Waals surface area contributed by atoms with Crippen LogP contribution in [0, 0.1) is 13.8 Å². The highest BCUT2D eigenvalue weighted by Gasteiger charge is 2.13. The van der Waals surface area contributed by atoms with Gasteiger partial charge in [-0.05, 0) is 49.2 Å². The van der Waals surface area contributed by atoms with E-state index in [-0.39, 0.29) is 17.5 Å². The van der Waals surface area contributed by atoms with Crippen LogP contribution in [-0.4, -0.2) is 16.8 Å². The molecule has 3 aromatic rings. The maximum absolute atomic E-state index is 12.6. The molecule has 0 saturated heterocycles. The van der Waals surface area contributed by atoms with Gasteiger partial charge in [0.05, 0.1) is 0 Å². The molecule has 2 amide bonds. The van der Waals surface area contributed by atoms with Gasteiger partial charge >= 0.3 is 0 Å². The zero-order chi connectivity index (χ0) is 20.1. The number of amides is 2. The van der Waals surface area contributed by atoms with Crippen LogP contribution in [0.2, 0.25) is 5.02 Å². The van der Waals surface area contributed by atoms with E-state index in [2.05, 4.69) is 15.6 Å². The number of aryl methyl sites for hydroxylation is 1. The molecule has 0 aliphatic carbocycles. The molecule has 0 saturated carbocycles. The molecule has 1 aromatic heterocycles. The second-order valence-electron chi connectivity index (χ2n) is 6.47. The third-order valence-corrected chi connectivity index (χ3v) is 4.72. The van der Waals surface area contributed by atoms with E-state index in [0.29, 0.717) is 22.8 Å². The monoisotopic (exact) mass is 393 g/mol. The van der Waals surface area contributed by atoms with Crippen LogP contribution in [0.1, 0.15) is 37.5 Å². The first-order valence-electron chi connectivity index (χ1n) is 8.80. The van der Waals surface area contributed by atoms with Crippen molar-refractivity contribution in [1.82, 2.24) is 10.3 Å². The molecule has 0 fully saturated rings. The number of benzene rings is 2. The van der Waals surface area contributed by atoms with Crippen LogP contribution < -0.4 is 10.6 Å². The smallest absolute Gasteiger partial charge is 0.270 e. The summed E-state index contributed by atoms with van der Waals surface area (Å²) in [5.74, 6) is -0.671. The summed E-state index contributed by atoms with van der Waals surface area (Å²) in [6.07, 6.45) is 1.45. The van der Waals surface area contributed by atoms with Crippen molar-refractivity contribution in [2.75, 3.05) is 5.32 Å². The van der Waals surface area contributed by atoms with Gasteiger partial charge in [-0.1, -0.05) is 47.5 Å². The average Bonchev–Trinajstić information content (AvgIpc) is 2.70. The Kier molecular flexibility index (Phi) is 6.06. The Hall–Kier alpha value is -3.18.